The summed E-state index contributed by atoms with van der Waals surface area (Å²) in [5.41, 5.74) is 0. The van der Waals surface area contributed by atoms with Gasteiger partial charge in [-0.2, -0.15) is 0 Å². The van der Waals surface area contributed by atoms with Crippen molar-refractivity contribution in [2.45, 2.75) is 63.2 Å². The quantitative estimate of drug-likeness (QED) is 0.771. The number of rotatable bonds is 5. The van der Waals surface area contributed by atoms with E-state index in [0.29, 0.717) is 6.04 Å². The molecular formula is C13H26N2O. The molecular weight excluding hydrogens is 200 g/mol. The maximum atomic E-state index is 5.13. The normalized spacial score (nSPS) is 36.6. The van der Waals surface area contributed by atoms with Crippen molar-refractivity contribution in [1.29, 1.82) is 0 Å². The molecule has 0 aromatic carbocycles. The van der Waals surface area contributed by atoms with Gasteiger partial charge in [0.25, 0.3) is 0 Å². The molecule has 0 aliphatic carbocycles. The van der Waals surface area contributed by atoms with Crippen molar-refractivity contribution in [3.8, 4) is 0 Å². The summed E-state index contributed by atoms with van der Waals surface area (Å²) in [6.07, 6.45) is 6.62. The topological polar surface area (TPSA) is 24.5 Å². The zero-order chi connectivity index (χ0) is 11.5. The van der Waals surface area contributed by atoms with Crippen molar-refractivity contribution in [3.05, 3.63) is 0 Å². The van der Waals surface area contributed by atoms with Crippen LogP contribution in [-0.2, 0) is 4.74 Å². The van der Waals surface area contributed by atoms with Crippen LogP contribution in [0.5, 0.6) is 0 Å². The highest BCUT2D eigenvalue weighted by Gasteiger charge is 2.38. The first kappa shape index (κ1) is 12.3. The standard InChI is InChI=1S/C13H26N2O/c1-10(6-7-16-3)14-11-8-12-4-5-13(9-11)15(12)2/h10-14H,4-9H2,1-3H3. The average molecular weight is 226 g/mol. The van der Waals surface area contributed by atoms with Crippen molar-refractivity contribution in [3.63, 3.8) is 0 Å². The molecule has 2 aliphatic rings. The highest BCUT2D eigenvalue weighted by molar-refractivity contribution is 4.96. The third-order valence-corrected chi connectivity index (χ3v) is 4.37. The molecule has 0 radical (unpaired) electrons. The van der Waals surface area contributed by atoms with Crippen molar-refractivity contribution < 1.29 is 4.74 Å². The van der Waals surface area contributed by atoms with E-state index in [0.717, 1.165) is 31.2 Å². The van der Waals surface area contributed by atoms with Crippen molar-refractivity contribution in [2.75, 3.05) is 20.8 Å². The molecule has 3 nitrogen and oxygen atoms in total. The minimum atomic E-state index is 0.591. The van der Waals surface area contributed by atoms with Crippen molar-refractivity contribution in [2.24, 2.45) is 0 Å². The first-order chi connectivity index (χ1) is 7.70. The van der Waals surface area contributed by atoms with Gasteiger partial charge in [0.05, 0.1) is 0 Å². The molecule has 2 aliphatic heterocycles. The van der Waals surface area contributed by atoms with Crippen LogP contribution in [0.25, 0.3) is 0 Å². The maximum Gasteiger partial charge on any atom is 0.0476 e. The molecule has 0 spiro atoms. The zero-order valence-corrected chi connectivity index (χ0v) is 10.9. The summed E-state index contributed by atoms with van der Waals surface area (Å²) in [6, 6.07) is 3.00. The molecule has 2 fully saturated rings. The largest absolute Gasteiger partial charge is 0.385 e. The molecule has 3 heteroatoms. The summed E-state index contributed by atoms with van der Waals surface area (Å²) < 4.78 is 5.13. The summed E-state index contributed by atoms with van der Waals surface area (Å²) in [4.78, 5) is 2.60. The second-order valence-corrected chi connectivity index (χ2v) is 5.57. The monoisotopic (exact) mass is 226 g/mol. The van der Waals surface area contributed by atoms with Gasteiger partial charge in [0.1, 0.15) is 0 Å². The molecule has 16 heavy (non-hydrogen) atoms. The third-order valence-electron chi connectivity index (χ3n) is 4.37. The van der Waals surface area contributed by atoms with E-state index in [1.165, 1.54) is 25.7 Å². The highest BCUT2D eigenvalue weighted by atomic mass is 16.5. The minimum absolute atomic E-state index is 0.591. The van der Waals surface area contributed by atoms with Crippen LogP contribution in [0.2, 0.25) is 0 Å². The lowest BCUT2D eigenvalue weighted by molar-refractivity contribution is 0.136. The average Bonchev–Trinajstić information content (AvgIpc) is 2.52. The van der Waals surface area contributed by atoms with Gasteiger partial charge >= 0.3 is 0 Å². The van der Waals surface area contributed by atoms with Crippen LogP contribution in [0.4, 0.5) is 0 Å². The van der Waals surface area contributed by atoms with Gasteiger partial charge in [-0.3, -0.25) is 0 Å². The molecule has 2 heterocycles. The lowest BCUT2D eigenvalue weighted by Gasteiger charge is -2.37. The molecule has 2 rings (SSSR count). The Labute approximate surface area is 99.5 Å². The van der Waals surface area contributed by atoms with Gasteiger partial charge in [-0.15, -0.1) is 0 Å². The number of ether oxygens (including phenoxy) is 1. The smallest absolute Gasteiger partial charge is 0.0476 e. The van der Waals surface area contributed by atoms with Crippen LogP contribution in [0.1, 0.15) is 39.0 Å². The Hall–Kier alpha value is -0.120. The van der Waals surface area contributed by atoms with Gasteiger partial charge in [-0.1, -0.05) is 0 Å². The summed E-state index contributed by atoms with van der Waals surface area (Å²) in [6.45, 7) is 3.15. The molecule has 0 amide bonds. The highest BCUT2D eigenvalue weighted by Crippen LogP contribution is 2.34. The number of nitrogens with zero attached hydrogens (tertiary/aromatic N) is 1. The van der Waals surface area contributed by atoms with Gasteiger partial charge in [0.15, 0.2) is 0 Å². The fraction of sp³-hybridized carbons (Fsp3) is 1.00. The number of methoxy groups -OCH3 is 1. The molecule has 2 bridgehead atoms. The molecule has 0 saturated carbocycles. The Morgan fingerprint density at radius 3 is 2.50 bits per heavy atom. The number of piperidine rings is 1. The van der Waals surface area contributed by atoms with Gasteiger partial charge in [-0.25, -0.2) is 0 Å². The van der Waals surface area contributed by atoms with Gasteiger partial charge in [0.2, 0.25) is 0 Å². The predicted molar refractivity (Wildman–Crippen MR) is 66.7 cm³/mol. The predicted octanol–water partition coefficient (Wildman–Crippen LogP) is 1.63. The summed E-state index contributed by atoms with van der Waals surface area (Å²) in [5, 5.41) is 3.77. The second kappa shape index (κ2) is 5.48. The summed E-state index contributed by atoms with van der Waals surface area (Å²) >= 11 is 0. The summed E-state index contributed by atoms with van der Waals surface area (Å²) in [5.74, 6) is 0. The number of fused-ring (bicyclic) bond motifs is 2. The van der Waals surface area contributed by atoms with Crippen molar-refractivity contribution in [1.82, 2.24) is 10.2 Å². The Morgan fingerprint density at radius 2 is 1.94 bits per heavy atom. The van der Waals surface area contributed by atoms with E-state index < -0.39 is 0 Å². The fourth-order valence-corrected chi connectivity index (χ4v) is 3.33. The summed E-state index contributed by atoms with van der Waals surface area (Å²) in [7, 11) is 4.08. The first-order valence-electron chi connectivity index (χ1n) is 6.67. The van der Waals surface area contributed by atoms with Crippen LogP contribution >= 0.6 is 0 Å². The van der Waals surface area contributed by atoms with E-state index in [1.54, 1.807) is 7.11 Å². The number of hydrogen-bond donors (Lipinski definition) is 1. The first-order valence-corrected chi connectivity index (χ1v) is 6.67. The fourth-order valence-electron chi connectivity index (χ4n) is 3.33. The van der Waals surface area contributed by atoms with Crippen molar-refractivity contribution >= 4 is 0 Å². The van der Waals surface area contributed by atoms with E-state index in [-0.39, 0.29) is 0 Å². The van der Waals surface area contributed by atoms with E-state index >= 15 is 0 Å². The maximum absolute atomic E-state index is 5.13. The number of nitrogens with one attached hydrogen (secondary N) is 1. The Morgan fingerprint density at radius 1 is 1.31 bits per heavy atom. The lowest BCUT2D eigenvalue weighted by atomic mass is 9.97. The molecule has 94 valence electrons. The molecule has 0 aromatic heterocycles. The van der Waals surface area contributed by atoms with Crippen LogP contribution in [0, 0.1) is 0 Å². The Bertz CT molecular complexity index is 208. The van der Waals surface area contributed by atoms with E-state index in [4.69, 9.17) is 4.74 Å². The van der Waals surface area contributed by atoms with E-state index in [1.807, 2.05) is 0 Å². The third kappa shape index (κ3) is 2.76. The number of hydrogen-bond acceptors (Lipinski definition) is 3. The van der Waals surface area contributed by atoms with Gasteiger partial charge < -0.3 is 15.0 Å². The second-order valence-electron chi connectivity index (χ2n) is 5.57. The van der Waals surface area contributed by atoms with Gasteiger partial charge in [-0.05, 0) is 46.1 Å². The molecule has 3 atom stereocenters. The van der Waals surface area contributed by atoms with E-state index in [2.05, 4.69) is 24.2 Å². The zero-order valence-electron chi connectivity index (χ0n) is 10.9. The molecule has 0 aromatic rings. The van der Waals surface area contributed by atoms with Crippen LogP contribution in [0.15, 0.2) is 0 Å². The lowest BCUT2D eigenvalue weighted by Crippen LogP contribution is -2.49. The molecule has 3 unspecified atom stereocenters. The Kier molecular flexibility index (Phi) is 4.22. The van der Waals surface area contributed by atoms with Gasteiger partial charge in [0, 0.05) is 37.9 Å². The molecule has 1 N–H and O–H groups in total. The SMILES string of the molecule is COCCC(C)NC1CC2CCC(C1)N2C. The molecule has 2 saturated heterocycles. The Balaban J connectivity index is 1.75. The van der Waals surface area contributed by atoms with Crippen LogP contribution in [0.3, 0.4) is 0 Å². The minimum Gasteiger partial charge on any atom is -0.385 e. The van der Waals surface area contributed by atoms with E-state index in [9.17, 15) is 0 Å². The van der Waals surface area contributed by atoms with Crippen LogP contribution in [-0.4, -0.2) is 49.8 Å². The van der Waals surface area contributed by atoms with Crippen LogP contribution < -0.4 is 5.32 Å².